The van der Waals surface area contributed by atoms with Crippen molar-refractivity contribution >= 4 is 35.6 Å². The van der Waals surface area contributed by atoms with Gasteiger partial charge in [0.2, 0.25) is 5.91 Å². The lowest BCUT2D eigenvalue weighted by molar-refractivity contribution is -0.133. The van der Waals surface area contributed by atoms with E-state index in [2.05, 4.69) is 10.3 Å². The monoisotopic (exact) mass is 318 g/mol. The minimum atomic E-state index is -0.840. The van der Waals surface area contributed by atoms with Gasteiger partial charge in [-0.2, -0.15) is 0 Å². The minimum Gasteiger partial charge on any atom is -0.352 e. The molecule has 6 nitrogen and oxygen atoms in total. The second-order valence-electron chi connectivity index (χ2n) is 4.94. The molecule has 2 amide bonds. The Bertz CT molecular complexity index is 503. The zero-order chi connectivity index (χ0) is 14.0. The normalized spacial score (nSPS) is 17.4. The van der Waals surface area contributed by atoms with Gasteiger partial charge < -0.3 is 16.0 Å². The highest BCUT2D eigenvalue weighted by Crippen LogP contribution is 2.21. The molecule has 2 heterocycles. The van der Waals surface area contributed by atoms with E-state index in [1.54, 1.807) is 24.1 Å². The van der Waals surface area contributed by atoms with Gasteiger partial charge in [0, 0.05) is 24.9 Å². The van der Waals surface area contributed by atoms with Gasteiger partial charge in [0.1, 0.15) is 11.2 Å². The average molecular weight is 319 g/mol. The number of thiazole rings is 1. The van der Waals surface area contributed by atoms with Crippen LogP contribution in [0.3, 0.4) is 0 Å². The maximum atomic E-state index is 12.4. The number of hydrogen-bond acceptors (Lipinski definition) is 5. The molecule has 0 atom stereocenters. The van der Waals surface area contributed by atoms with Crippen molar-refractivity contribution in [2.24, 2.45) is 5.73 Å². The summed E-state index contributed by atoms with van der Waals surface area (Å²) in [5, 5.41) is 5.35. The van der Waals surface area contributed by atoms with Crippen molar-refractivity contribution in [1.82, 2.24) is 15.2 Å². The van der Waals surface area contributed by atoms with Crippen LogP contribution < -0.4 is 11.1 Å². The van der Waals surface area contributed by atoms with E-state index >= 15 is 0 Å². The molecule has 1 aromatic heterocycles. The van der Waals surface area contributed by atoms with E-state index in [1.807, 2.05) is 0 Å². The summed E-state index contributed by atoms with van der Waals surface area (Å²) in [5.41, 5.74) is 5.03. The molecule has 1 aromatic rings. The molecule has 0 aromatic carbocycles. The van der Waals surface area contributed by atoms with Crippen molar-refractivity contribution in [1.29, 1.82) is 0 Å². The molecular weight excluding hydrogens is 300 g/mol. The molecule has 0 saturated carbocycles. The first kappa shape index (κ1) is 16.9. The predicted octanol–water partition coefficient (Wildman–Crippen LogP) is 0.417. The molecule has 0 bridgehead atoms. The lowest BCUT2D eigenvalue weighted by atomic mass is 9.98. The van der Waals surface area contributed by atoms with E-state index in [0.29, 0.717) is 31.7 Å². The van der Waals surface area contributed by atoms with Crippen LogP contribution in [0.1, 0.15) is 29.3 Å². The van der Waals surface area contributed by atoms with Crippen LogP contribution in [0.2, 0.25) is 0 Å². The molecule has 112 valence electrons. The molecule has 0 radical (unpaired) electrons. The Hall–Kier alpha value is -1.18. The van der Waals surface area contributed by atoms with Gasteiger partial charge in [0.05, 0.1) is 5.01 Å². The Morgan fingerprint density at radius 1 is 1.60 bits per heavy atom. The van der Waals surface area contributed by atoms with E-state index in [4.69, 9.17) is 5.73 Å². The van der Waals surface area contributed by atoms with Crippen molar-refractivity contribution in [3.05, 3.63) is 16.1 Å². The third kappa shape index (κ3) is 3.11. The van der Waals surface area contributed by atoms with Crippen molar-refractivity contribution < 1.29 is 9.59 Å². The summed E-state index contributed by atoms with van der Waals surface area (Å²) in [6.07, 6.45) is 0.668. The molecule has 0 unspecified atom stereocenters. The first-order valence-electron chi connectivity index (χ1n) is 6.21. The fourth-order valence-corrected chi connectivity index (χ4v) is 2.83. The van der Waals surface area contributed by atoms with Crippen LogP contribution in [-0.4, -0.2) is 46.9 Å². The van der Waals surface area contributed by atoms with Crippen LogP contribution in [0.25, 0.3) is 0 Å². The molecule has 8 heteroatoms. The van der Waals surface area contributed by atoms with E-state index < -0.39 is 5.54 Å². The minimum absolute atomic E-state index is 0. The second kappa shape index (κ2) is 6.51. The van der Waals surface area contributed by atoms with Crippen LogP contribution in [0.15, 0.2) is 5.38 Å². The Morgan fingerprint density at radius 3 is 2.95 bits per heavy atom. The van der Waals surface area contributed by atoms with Crippen molar-refractivity contribution in [3.63, 3.8) is 0 Å². The number of nitrogens with zero attached hydrogens (tertiary/aromatic N) is 2. The van der Waals surface area contributed by atoms with Gasteiger partial charge in [-0.3, -0.25) is 9.59 Å². The van der Waals surface area contributed by atoms with Gasteiger partial charge in [-0.15, -0.1) is 23.7 Å². The zero-order valence-electron chi connectivity index (χ0n) is 11.5. The largest absolute Gasteiger partial charge is 0.352 e. The summed E-state index contributed by atoms with van der Waals surface area (Å²) in [6, 6.07) is 0. The van der Waals surface area contributed by atoms with Gasteiger partial charge in [-0.05, 0) is 20.4 Å². The first-order valence-corrected chi connectivity index (χ1v) is 7.09. The van der Waals surface area contributed by atoms with E-state index in [9.17, 15) is 9.59 Å². The number of halogens is 1. The van der Waals surface area contributed by atoms with Gasteiger partial charge in [-0.1, -0.05) is 0 Å². The number of hydrogen-bond donors (Lipinski definition) is 2. The number of nitrogens with one attached hydrogen (secondary N) is 1. The summed E-state index contributed by atoms with van der Waals surface area (Å²) < 4.78 is 0. The number of carbonyl (C=O) groups excluding carboxylic acids is 2. The molecule has 0 spiro atoms. The van der Waals surface area contributed by atoms with Gasteiger partial charge in [-0.25, -0.2) is 4.98 Å². The van der Waals surface area contributed by atoms with Crippen LogP contribution in [0.4, 0.5) is 0 Å². The molecule has 1 aliphatic rings. The maximum absolute atomic E-state index is 12.4. The van der Waals surface area contributed by atoms with E-state index in [1.165, 1.54) is 11.3 Å². The van der Waals surface area contributed by atoms with Crippen LogP contribution in [0, 0.1) is 0 Å². The molecular formula is C12H19ClN4O2S. The number of aromatic nitrogens is 1. The fourth-order valence-electron chi connectivity index (χ4n) is 2.04. The summed E-state index contributed by atoms with van der Waals surface area (Å²) in [7, 11) is 0. The third-order valence-corrected chi connectivity index (χ3v) is 4.13. The second-order valence-corrected chi connectivity index (χ2v) is 5.88. The smallest absolute Gasteiger partial charge is 0.274 e. The predicted molar refractivity (Wildman–Crippen MR) is 80.2 cm³/mol. The molecule has 3 N–H and O–H groups in total. The van der Waals surface area contributed by atoms with Crippen molar-refractivity contribution in [2.75, 3.05) is 19.6 Å². The van der Waals surface area contributed by atoms with Gasteiger partial charge >= 0.3 is 0 Å². The quantitative estimate of drug-likeness (QED) is 0.845. The lowest BCUT2D eigenvalue weighted by Crippen LogP contribution is -2.63. The molecule has 20 heavy (non-hydrogen) atoms. The standard InChI is InChI=1S/C12H18N4O2S.ClH/c1-12(2)11(18)14-5-6-16(12)10(17)8-7-19-9(15-8)3-4-13;/h7H,3-6,13H2,1-2H3,(H,14,18);1H. The van der Waals surface area contributed by atoms with Crippen LogP contribution >= 0.6 is 23.7 Å². The summed E-state index contributed by atoms with van der Waals surface area (Å²) in [5.74, 6) is -0.330. The Morgan fingerprint density at radius 2 is 2.30 bits per heavy atom. The van der Waals surface area contributed by atoms with Crippen molar-refractivity contribution in [2.45, 2.75) is 25.8 Å². The molecule has 1 aliphatic heterocycles. The molecule has 0 aliphatic carbocycles. The van der Waals surface area contributed by atoms with E-state index in [-0.39, 0.29) is 24.2 Å². The number of carbonyl (C=O) groups is 2. The SMILES string of the molecule is CC1(C)C(=O)NCCN1C(=O)c1csc(CCN)n1.Cl. The topological polar surface area (TPSA) is 88.3 Å². The van der Waals surface area contributed by atoms with E-state index in [0.717, 1.165) is 5.01 Å². The van der Waals surface area contributed by atoms with Gasteiger partial charge in [0.15, 0.2) is 0 Å². The summed E-state index contributed by atoms with van der Waals surface area (Å²) in [6.45, 7) is 4.98. The lowest BCUT2D eigenvalue weighted by Gasteiger charge is -2.40. The molecule has 1 fully saturated rings. The zero-order valence-corrected chi connectivity index (χ0v) is 13.1. The summed E-state index contributed by atoms with van der Waals surface area (Å²) >= 11 is 1.43. The Kier molecular flexibility index (Phi) is 5.50. The highest BCUT2D eigenvalue weighted by atomic mass is 35.5. The number of amides is 2. The highest BCUT2D eigenvalue weighted by Gasteiger charge is 2.41. The van der Waals surface area contributed by atoms with Crippen LogP contribution in [-0.2, 0) is 11.2 Å². The molecule has 2 rings (SSSR count). The number of piperazine rings is 1. The molecule has 1 saturated heterocycles. The Balaban J connectivity index is 0.00000200. The van der Waals surface area contributed by atoms with Gasteiger partial charge in [0.25, 0.3) is 5.91 Å². The number of rotatable bonds is 3. The summed E-state index contributed by atoms with van der Waals surface area (Å²) in [4.78, 5) is 30.1. The first-order chi connectivity index (χ1) is 8.96. The van der Waals surface area contributed by atoms with Crippen LogP contribution in [0.5, 0.6) is 0 Å². The third-order valence-electron chi connectivity index (χ3n) is 3.23. The van der Waals surface area contributed by atoms with Crippen molar-refractivity contribution in [3.8, 4) is 0 Å². The number of nitrogens with two attached hydrogens (primary N) is 1. The highest BCUT2D eigenvalue weighted by molar-refractivity contribution is 7.09. The Labute approximate surface area is 128 Å². The fraction of sp³-hybridized carbons (Fsp3) is 0.583. The average Bonchev–Trinajstić information content (AvgIpc) is 2.81. The maximum Gasteiger partial charge on any atom is 0.274 e.